The van der Waals surface area contributed by atoms with E-state index in [9.17, 15) is 0 Å². The molecule has 0 bridgehead atoms. The van der Waals surface area contributed by atoms with Crippen LogP contribution < -0.4 is 0 Å². The van der Waals surface area contributed by atoms with Crippen molar-refractivity contribution < 1.29 is 0 Å². The number of hydrogen-bond donors (Lipinski definition) is 0. The predicted octanol–water partition coefficient (Wildman–Crippen LogP) is 31.5. The second kappa shape index (κ2) is 27.8. The van der Waals surface area contributed by atoms with E-state index in [-0.39, 0.29) is 5.41 Å². The minimum atomic E-state index is -0.0605. The summed E-state index contributed by atoms with van der Waals surface area (Å²) in [6.45, 7) is 4.72. The van der Waals surface area contributed by atoms with Gasteiger partial charge in [-0.1, -0.05) is 329 Å². The minimum Gasteiger partial charge on any atom is -0.309 e. The van der Waals surface area contributed by atoms with Crippen LogP contribution in [0.2, 0.25) is 0 Å². The van der Waals surface area contributed by atoms with Crippen molar-refractivity contribution in [3.63, 3.8) is 0 Å². The summed E-state index contributed by atoms with van der Waals surface area (Å²) in [5, 5.41) is 17.7. The van der Waals surface area contributed by atoms with Gasteiger partial charge in [-0.05, 0) is 243 Å². The monoisotopic (exact) mass is 1540 g/mol. The van der Waals surface area contributed by atoms with Gasteiger partial charge in [0.1, 0.15) is 0 Å². The molecule has 0 unspecified atom stereocenters. The van der Waals surface area contributed by atoms with Crippen molar-refractivity contribution in [1.82, 2.24) is 18.3 Å². The molecule has 0 spiro atoms. The number of nitrogens with zero attached hydrogens (tertiary/aromatic N) is 4. The first-order chi connectivity index (χ1) is 59.8. The van der Waals surface area contributed by atoms with Gasteiger partial charge in [0, 0.05) is 71.3 Å². The fraction of sp³-hybridized carbons (Fsp3) is 0.0256. The van der Waals surface area contributed by atoms with Crippen molar-refractivity contribution in [1.29, 1.82) is 0 Å². The highest BCUT2D eigenvalue weighted by atomic mass is 15.0. The van der Waals surface area contributed by atoms with Gasteiger partial charge in [0.05, 0.1) is 44.1 Å². The minimum absolute atomic E-state index is 0.0605. The SMILES string of the molecule is CC1(C)c2ccccc2-c2ccc(-n3c4ccccc4c4cc(-c5ccc6c(c5)c5ccccc5n6-c5ccc(-c6ccc(-c7ccccc7)cc6)cc5)ccc43)cc21.c1ccc(-c2ccc(-c3ccc(-n4c5ccccc5c5cc(-c6ccc7c(c6)c6ccccc6n7-c6ccc7c8ccccc8c8ccccc8c7c6)ccc54)cc3)cc2)cc1. The summed E-state index contributed by atoms with van der Waals surface area (Å²) in [5.74, 6) is 0. The van der Waals surface area contributed by atoms with Crippen LogP contribution in [-0.2, 0) is 5.41 Å². The number of rotatable bonds is 10. The van der Waals surface area contributed by atoms with E-state index in [1.54, 1.807) is 0 Å². The average Bonchev–Trinajstić information content (AvgIpc) is 1.64. The predicted molar refractivity (Wildman–Crippen MR) is 513 cm³/mol. The molecule has 1 aliphatic carbocycles. The Morgan fingerprint density at radius 2 is 0.380 bits per heavy atom. The smallest absolute Gasteiger partial charge is 0.0541 e. The summed E-state index contributed by atoms with van der Waals surface area (Å²) in [5.41, 5.74) is 34.4. The lowest BCUT2D eigenvalue weighted by molar-refractivity contribution is 0.660. The van der Waals surface area contributed by atoms with Gasteiger partial charge in [0.2, 0.25) is 0 Å². The van der Waals surface area contributed by atoms with Crippen LogP contribution in [0.4, 0.5) is 0 Å². The highest BCUT2D eigenvalue weighted by Gasteiger charge is 2.36. The molecule has 0 amide bonds. The molecule has 4 heteroatoms. The third kappa shape index (κ3) is 11.3. The largest absolute Gasteiger partial charge is 0.309 e. The number of fused-ring (bicyclic) bond motifs is 21. The molecule has 20 aromatic carbocycles. The summed E-state index contributed by atoms with van der Waals surface area (Å²) >= 11 is 0. The van der Waals surface area contributed by atoms with Gasteiger partial charge < -0.3 is 18.3 Å². The third-order valence-electron chi connectivity index (χ3n) is 26.1. The maximum atomic E-state index is 2.45. The van der Waals surface area contributed by atoms with Crippen LogP contribution in [-0.4, -0.2) is 18.3 Å². The van der Waals surface area contributed by atoms with Crippen LogP contribution in [0.25, 0.3) is 220 Å². The van der Waals surface area contributed by atoms with E-state index in [2.05, 4.69) is 469 Å². The Morgan fingerprint density at radius 1 is 0.140 bits per heavy atom. The number of benzene rings is 20. The summed E-state index contributed by atoms with van der Waals surface area (Å²) in [4.78, 5) is 0. The summed E-state index contributed by atoms with van der Waals surface area (Å²) in [7, 11) is 0. The van der Waals surface area contributed by atoms with Crippen LogP contribution >= 0.6 is 0 Å². The second-order valence-electron chi connectivity index (χ2n) is 33.0. The number of aromatic nitrogens is 4. The molecule has 4 heterocycles. The number of para-hydroxylation sites is 4. The van der Waals surface area contributed by atoms with E-state index in [4.69, 9.17) is 0 Å². The van der Waals surface area contributed by atoms with Crippen LogP contribution in [0.5, 0.6) is 0 Å². The van der Waals surface area contributed by atoms with Crippen molar-refractivity contribution >= 4 is 120 Å². The van der Waals surface area contributed by atoms with Crippen molar-refractivity contribution in [2.24, 2.45) is 0 Å². The van der Waals surface area contributed by atoms with Gasteiger partial charge >= 0.3 is 0 Å². The Labute approximate surface area is 700 Å². The zero-order valence-corrected chi connectivity index (χ0v) is 66.9. The van der Waals surface area contributed by atoms with Crippen LogP contribution in [0.1, 0.15) is 25.0 Å². The first-order valence-corrected chi connectivity index (χ1v) is 42.0. The molecule has 4 nitrogen and oxygen atoms in total. The third-order valence-corrected chi connectivity index (χ3v) is 26.1. The van der Waals surface area contributed by atoms with Gasteiger partial charge in [-0.25, -0.2) is 0 Å². The van der Waals surface area contributed by atoms with Gasteiger partial charge in [0.25, 0.3) is 0 Å². The fourth-order valence-corrected chi connectivity index (χ4v) is 20.2. The van der Waals surface area contributed by atoms with Crippen LogP contribution in [0, 0.1) is 0 Å². The molecular weight excluding hydrogens is 1460 g/mol. The molecule has 4 aromatic heterocycles. The first-order valence-electron chi connectivity index (χ1n) is 42.0. The maximum Gasteiger partial charge on any atom is 0.0541 e. The molecule has 25 rings (SSSR count). The van der Waals surface area contributed by atoms with E-state index >= 15 is 0 Å². The molecule has 0 atom stereocenters. The molecule has 0 N–H and O–H groups in total. The Morgan fingerprint density at radius 3 is 0.752 bits per heavy atom. The Kier molecular flexibility index (Phi) is 16.0. The van der Waals surface area contributed by atoms with E-state index in [1.807, 2.05) is 0 Å². The Bertz CT molecular complexity index is 8260. The Balaban J connectivity index is 0.000000137. The lowest BCUT2D eigenvalue weighted by atomic mass is 9.82. The molecule has 0 fully saturated rings. The molecule has 121 heavy (non-hydrogen) atoms. The highest BCUT2D eigenvalue weighted by molar-refractivity contribution is 6.26. The normalized spacial score (nSPS) is 12.4. The van der Waals surface area contributed by atoms with Gasteiger partial charge in [-0.3, -0.25) is 0 Å². The zero-order chi connectivity index (χ0) is 80.0. The Hall–Kier alpha value is -15.6. The number of hydrogen-bond acceptors (Lipinski definition) is 0. The standard InChI is InChI=1S/C60H38N2.C57H40N2/c1-2-12-39(13-3-1)40-22-24-41(25-23-40)42-26-30-45(31-27-42)61-57-20-10-8-18-52(57)55-36-43(28-34-59(55)61)44-29-35-60-56(37-44)53-19-9-11-21-58(53)62(60)46-32-33-51-49-16-5-4-14-47(49)48-15-6-7-17-50(48)54(51)38-46;1-57(2)51-17-9-6-14-45(51)46-31-30-44(36-52(46)57)59-54-19-11-8-16-48(54)50-35-42(27-33-56(50)59)41-26-32-55-49(34-41)47-15-7-10-18-53(47)58(55)43-28-24-40(25-29-43)39-22-20-38(21-23-39)37-12-4-3-5-13-37/h1-38H;3-36H,1-2H3. The van der Waals surface area contributed by atoms with Crippen molar-refractivity contribution in [2.45, 2.75) is 19.3 Å². The van der Waals surface area contributed by atoms with Crippen LogP contribution in [0.15, 0.2) is 437 Å². The van der Waals surface area contributed by atoms with Gasteiger partial charge in [0.15, 0.2) is 0 Å². The van der Waals surface area contributed by atoms with Crippen molar-refractivity contribution in [3.8, 4) is 101 Å². The summed E-state index contributed by atoms with van der Waals surface area (Å²) in [6, 6.07) is 161. The summed E-state index contributed by atoms with van der Waals surface area (Å²) in [6.07, 6.45) is 0. The van der Waals surface area contributed by atoms with Gasteiger partial charge in [-0.2, -0.15) is 0 Å². The van der Waals surface area contributed by atoms with E-state index in [1.165, 1.54) is 220 Å². The molecule has 24 aromatic rings. The molecule has 0 saturated heterocycles. The van der Waals surface area contributed by atoms with Crippen molar-refractivity contribution in [3.05, 3.63) is 448 Å². The lowest BCUT2D eigenvalue weighted by Crippen LogP contribution is -2.15. The molecule has 1 aliphatic rings. The van der Waals surface area contributed by atoms with E-state index in [0.29, 0.717) is 0 Å². The maximum absolute atomic E-state index is 2.45. The average molecular weight is 1540 g/mol. The molecular formula is C117H78N4. The lowest BCUT2D eigenvalue weighted by Gasteiger charge is -2.22. The molecule has 0 saturated carbocycles. The molecule has 0 radical (unpaired) electrons. The summed E-state index contributed by atoms with van der Waals surface area (Å²) < 4.78 is 9.71. The second-order valence-corrected chi connectivity index (χ2v) is 33.0. The van der Waals surface area contributed by atoms with Gasteiger partial charge in [-0.15, -0.1) is 0 Å². The highest BCUT2D eigenvalue weighted by Crippen LogP contribution is 2.51. The topological polar surface area (TPSA) is 19.7 Å². The molecule has 0 aliphatic heterocycles. The quantitative estimate of drug-likeness (QED) is 0.122. The first kappa shape index (κ1) is 69.7. The van der Waals surface area contributed by atoms with Crippen LogP contribution in [0.3, 0.4) is 0 Å². The van der Waals surface area contributed by atoms with E-state index in [0.717, 1.165) is 11.4 Å². The van der Waals surface area contributed by atoms with E-state index < -0.39 is 0 Å². The molecule has 566 valence electrons. The van der Waals surface area contributed by atoms with Crippen molar-refractivity contribution in [2.75, 3.05) is 0 Å². The fourth-order valence-electron chi connectivity index (χ4n) is 20.2. The zero-order valence-electron chi connectivity index (χ0n) is 66.9.